The van der Waals surface area contributed by atoms with Crippen LogP contribution in [0.3, 0.4) is 0 Å². The summed E-state index contributed by atoms with van der Waals surface area (Å²) >= 11 is 0. The molecule has 0 aliphatic carbocycles. The van der Waals surface area contributed by atoms with Gasteiger partial charge in [0.1, 0.15) is 28.8 Å². The van der Waals surface area contributed by atoms with Gasteiger partial charge in [0.05, 0.1) is 16.4 Å². The molecule has 118 valence electrons. The van der Waals surface area contributed by atoms with Crippen molar-refractivity contribution in [3.8, 4) is 11.5 Å². The summed E-state index contributed by atoms with van der Waals surface area (Å²) < 4.78 is 11.6. The zero-order chi connectivity index (χ0) is 16.4. The minimum Gasteiger partial charge on any atom is -0.508 e. The molecule has 5 heteroatoms. The number of hydrogen-bond donors (Lipinski definition) is 2. The highest BCUT2D eigenvalue weighted by molar-refractivity contribution is 5.91. The maximum absolute atomic E-state index is 12.7. The van der Waals surface area contributed by atoms with Crippen molar-refractivity contribution < 1.29 is 19.4 Å². The summed E-state index contributed by atoms with van der Waals surface area (Å²) in [5.74, 6) is 0.654. The van der Waals surface area contributed by atoms with Gasteiger partial charge in [0.15, 0.2) is 0 Å². The molecule has 1 aromatic heterocycles. The van der Waals surface area contributed by atoms with E-state index in [4.69, 9.17) is 9.15 Å². The Balaban J connectivity index is 1.95. The van der Waals surface area contributed by atoms with Gasteiger partial charge in [-0.15, -0.1) is 0 Å². The average molecular weight is 312 g/mol. The topological polar surface area (TPSA) is 79.9 Å². The van der Waals surface area contributed by atoms with E-state index in [9.17, 15) is 15.0 Å². The summed E-state index contributed by atoms with van der Waals surface area (Å²) in [6.07, 6.45) is 0.176. The van der Waals surface area contributed by atoms with E-state index in [1.807, 2.05) is 0 Å². The van der Waals surface area contributed by atoms with Crippen molar-refractivity contribution in [2.24, 2.45) is 0 Å². The predicted octanol–water partition coefficient (Wildman–Crippen LogP) is 2.73. The first-order valence-electron chi connectivity index (χ1n) is 7.44. The Labute approximate surface area is 131 Å². The van der Waals surface area contributed by atoms with Crippen LogP contribution in [0, 0.1) is 0 Å². The maximum Gasteiger partial charge on any atom is 0.200 e. The van der Waals surface area contributed by atoms with Crippen molar-refractivity contribution in [3.05, 3.63) is 46.1 Å². The van der Waals surface area contributed by atoms with Crippen molar-refractivity contribution in [1.82, 2.24) is 0 Å². The van der Waals surface area contributed by atoms with Crippen LogP contribution in [0.4, 0.5) is 0 Å². The zero-order valence-electron chi connectivity index (χ0n) is 12.8. The van der Waals surface area contributed by atoms with Gasteiger partial charge < -0.3 is 19.4 Å². The van der Waals surface area contributed by atoms with Gasteiger partial charge in [0, 0.05) is 12.5 Å². The highest BCUT2D eigenvalue weighted by Gasteiger charge is 2.35. The molecule has 0 spiro atoms. The van der Waals surface area contributed by atoms with E-state index in [-0.39, 0.29) is 17.3 Å². The summed E-state index contributed by atoms with van der Waals surface area (Å²) in [5.41, 5.74) is 0.558. The molecule has 23 heavy (non-hydrogen) atoms. The molecule has 0 radical (unpaired) electrons. The van der Waals surface area contributed by atoms with Crippen molar-refractivity contribution in [2.75, 3.05) is 0 Å². The molecule has 0 saturated carbocycles. The lowest BCUT2D eigenvalue weighted by molar-refractivity contribution is -0.0229. The Bertz CT molecular complexity index is 994. The first kappa shape index (κ1) is 14.1. The largest absolute Gasteiger partial charge is 0.508 e. The van der Waals surface area contributed by atoms with Crippen LogP contribution in [-0.4, -0.2) is 21.9 Å². The highest BCUT2D eigenvalue weighted by Crippen LogP contribution is 2.36. The fourth-order valence-electron chi connectivity index (χ4n) is 2.97. The van der Waals surface area contributed by atoms with E-state index in [2.05, 4.69) is 0 Å². The third kappa shape index (κ3) is 2.16. The fourth-order valence-corrected chi connectivity index (χ4v) is 2.97. The Morgan fingerprint density at radius 2 is 1.87 bits per heavy atom. The van der Waals surface area contributed by atoms with Crippen LogP contribution in [0.25, 0.3) is 21.9 Å². The molecule has 0 amide bonds. The molecular formula is C18H16O5. The van der Waals surface area contributed by atoms with Gasteiger partial charge >= 0.3 is 0 Å². The number of fused-ring (bicyclic) bond motifs is 3. The fraction of sp³-hybridized carbons (Fsp3) is 0.278. The molecule has 2 aromatic carbocycles. The SMILES string of the molecule is CC(C)(O)[C@H]1Cc2cc3c(=O)c4cc(O)ccc4oc3cc2O1. The van der Waals surface area contributed by atoms with Gasteiger partial charge in [-0.05, 0) is 43.7 Å². The van der Waals surface area contributed by atoms with Gasteiger partial charge in [-0.3, -0.25) is 4.79 Å². The van der Waals surface area contributed by atoms with Gasteiger partial charge in [-0.25, -0.2) is 0 Å². The minimum absolute atomic E-state index is 0.0238. The van der Waals surface area contributed by atoms with Crippen LogP contribution in [0.5, 0.6) is 11.5 Å². The molecule has 0 fully saturated rings. The number of phenols is 1. The van der Waals surface area contributed by atoms with Crippen molar-refractivity contribution in [3.63, 3.8) is 0 Å². The van der Waals surface area contributed by atoms with Crippen LogP contribution in [0.2, 0.25) is 0 Å². The Hall–Kier alpha value is -2.53. The van der Waals surface area contributed by atoms with E-state index >= 15 is 0 Å². The van der Waals surface area contributed by atoms with E-state index in [0.29, 0.717) is 34.1 Å². The molecule has 1 aliphatic heterocycles. The van der Waals surface area contributed by atoms with E-state index in [1.54, 1.807) is 32.0 Å². The second-order valence-corrected chi connectivity index (χ2v) is 6.53. The second-order valence-electron chi connectivity index (χ2n) is 6.53. The first-order chi connectivity index (χ1) is 10.8. The molecule has 4 rings (SSSR count). The quantitative estimate of drug-likeness (QED) is 0.675. The second kappa shape index (κ2) is 4.49. The van der Waals surface area contributed by atoms with Gasteiger partial charge in [0.25, 0.3) is 0 Å². The molecule has 1 aliphatic rings. The molecule has 2 N–H and O–H groups in total. The summed E-state index contributed by atoms with van der Waals surface area (Å²) in [6.45, 7) is 3.40. The summed E-state index contributed by atoms with van der Waals surface area (Å²) in [4.78, 5) is 12.7. The number of aromatic hydroxyl groups is 1. The summed E-state index contributed by atoms with van der Waals surface area (Å²) in [7, 11) is 0. The van der Waals surface area contributed by atoms with Crippen LogP contribution >= 0.6 is 0 Å². The number of rotatable bonds is 1. The van der Waals surface area contributed by atoms with E-state index in [1.165, 1.54) is 12.1 Å². The van der Waals surface area contributed by atoms with E-state index < -0.39 is 5.60 Å². The van der Waals surface area contributed by atoms with Crippen LogP contribution in [-0.2, 0) is 6.42 Å². The molecule has 0 unspecified atom stereocenters. The average Bonchev–Trinajstić information content (AvgIpc) is 2.90. The normalized spacial score (nSPS) is 17.4. The number of hydrogen-bond acceptors (Lipinski definition) is 5. The standard InChI is InChI=1S/C18H16O5/c1-18(2,21)16-6-9-5-11-15(8-14(9)23-16)22-13-4-3-10(19)7-12(13)17(11)20/h3-5,7-8,16,19,21H,6H2,1-2H3/t16-/m1/s1. The minimum atomic E-state index is -0.973. The third-order valence-electron chi connectivity index (χ3n) is 4.30. The summed E-state index contributed by atoms with van der Waals surface area (Å²) in [6, 6.07) is 7.91. The number of benzene rings is 2. The lowest BCUT2D eigenvalue weighted by atomic mass is 9.97. The van der Waals surface area contributed by atoms with Gasteiger partial charge in [0.2, 0.25) is 5.43 Å². The van der Waals surface area contributed by atoms with Crippen LogP contribution < -0.4 is 10.2 Å². The van der Waals surface area contributed by atoms with Crippen molar-refractivity contribution >= 4 is 21.9 Å². The smallest absolute Gasteiger partial charge is 0.200 e. The van der Waals surface area contributed by atoms with Gasteiger partial charge in [-0.1, -0.05) is 0 Å². The predicted molar refractivity (Wildman–Crippen MR) is 86.1 cm³/mol. The van der Waals surface area contributed by atoms with Crippen LogP contribution in [0.15, 0.2) is 39.5 Å². The molecule has 0 bridgehead atoms. The summed E-state index contributed by atoms with van der Waals surface area (Å²) in [5, 5.41) is 20.5. The Morgan fingerprint density at radius 1 is 1.13 bits per heavy atom. The van der Waals surface area contributed by atoms with Crippen molar-refractivity contribution in [1.29, 1.82) is 0 Å². The highest BCUT2D eigenvalue weighted by atomic mass is 16.5. The number of phenolic OH excluding ortho intramolecular Hbond substituents is 1. The lowest BCUT2D eigenvalue weighted by Gasteiger charge is -2.24. The molecule has 0 saturated heterocycles. The monoisotopic (exact) mass is 312 g/mol. The molecule has 2 heterocycles. The number of ether oxygens (including phenoxy) is 1. The van der Waals surface area contributed by atoms with E-state index in [0.717, 1.165) is 5.56 Å². The zero-order valence-corrected chi connectivity index (χ0v) is 12.8. The maximum atomic E-state index is 12.7. The Morgan fingerprint density at radius 3 is 2.61 bits per heavy atom. The van der Waals surface area contributed by atoms with Crippen LogP contribution in [0.1, 0.15) is 19.4 Å². The third-order valence-corrected chi connectivity index (χ3v) is 4.30. The molecule has 5 nitrogen and oxygen atoms in total. The molecule has 3 aromatic rings. The van der Waals surface area contributed by atoms with Crippen molar-refractivity contribution in [2.45, 2.75) is 32.0 Å². The first-order valence-corrected chi connectivity index (χ1v) is 7.44. The molecular weight excluding hydrogens is 296 g/mol. The molecule has 1 atom stereocenters. The Kier molecular flexibility index (Phi) is 2.75. The van der Waals surface area contributed by atoms with Gasteiger partial charge in [-0.2, -0.15) is 0 Å². The lowest BCUT2D eigenvalue weighted by Crippen LogP contribution is -2.39. The number of aliphatic hydroxyl groups is 1.